The molecule has 2 nitrogen and oxygen atoms in total. The van der Waals surface area contributed by atoms with Gasteiger partial charge in [-0.3, -0.25) is 0 Å². The quantitative estimate of drug-likeness (QED) is 0.532. The summed E-state index contributed by atoms with van der Waals surface area (Å²) in [5, 5.41) is 13.3. The average Bonchev–Trinajstić information content (AvgIpc) is 2.36. The predicted octanol–water partition coefficient (Wildman–Crippen LogP) is 2.90. The average molecular weight is 221 g/mol. The van der Waals surface area contributed by atoms with Crippen molar-refractivity contribution in [2.45, 2.75) is 0 Å². The molecule has 17 heavy (non-hydrogen) atoms. The van der Waals surface area contributed by atoms with Crippen LogP contribution in [-0.2, 0) is 0 Å². The Morgan fingerprint density at radius 2 is 1.41 bits per heavy atom. The van der Waals surface area contributed by atoms with Crippen LogP contribution in [0, 0.1) is 0 Å². The van der Waals surface area contributed by atoms with Crippen LogP contribution in [0.3, 0.4) is 0 Å². The monoisotopic (exact) mass is 221 g/mol. The highest BCUT2D eigenvalue weighted by Crippen LogP contribution is 2.25. The Morgan fingerprint density at radius 1 is 0.765 bits per heavy atom. The molecule has 3 aromatic rings. The van der Waals surface area contributed by atoms with E-state index in [9.17, 15) is 0 Å². The van der Waals surface area contributed by atoms with Crippen LogP contribution in [0.4, 0.5) is 0 Å². The molecule has 0 atom stereocenters. The Morgan fingerprint density at radius 3 is 2.12 bits per heavy atom. The maximum atomic E-state index is 8.62. The van der Waals surface area contributed by atoms with E-state index in [4.69, 9.17) is 9.68 Å². The Balaban J connectivity index is 2.25. The molecule has 0 heterocycles. The maximum Gasteiger partial charge on any atom is 0.569 e. The molecular weight excluding hydrogens is 211 g/mol. The van der Waals surface area contributed by atoms with Crippen LogP contribution in [0.1, 0.15) is 0 Å². The van der Waals surface area contributed by atoms with E-state index in [1.807, 2.05) is 30.3 Å². The van der Waals surface area contributed by atoms with Crippen molar-refractivity contribution >= 4 is 29.2 Å². The highest BCUT2D eigenvalue weighted by Gasteiger charge is 2.00. The molecule has 1 radical (unpaired) electrons. The zero-order valence-electron chi connectivity index (χ0n) is 9.13. The SMILES string of the molecule is O[B]Oc1ccc2cc3ccccc3cc2c1. The Kier molecular flexibility index (Phi) is 2.46. The van der Waals surface area contributed by atoms with Gasteiger partial charge in [-0.1, -0.05) is 30.3 Å². The smallest absolute Gasteiger partial charge is 0.537 e. The first-order valence-electron chi connectivity index (χ1n) is 5.42. The second-order valence-corrected chi connectivity index (χ2v) is 3.93. The standard InChI is InChI=1S/C14H10BO2/c16-15-17-14-6-5-12-7-10-3-1-2-4-11(10)8-13(12)9-14/h1-9,16H. The lowest BCUT2D eigenvalue weighted by Gasteiger charge is -2.05. The van der Waals surface area contributed by atoms with Crippen LogP contribution >= 0.6 is 0 Å². The van der Waals surface area contributed by atoms with Gasteiger partial charge < -0.3 is 9.68 Å². The fourth-order valence-electron chi connectivity index (χ4n) is 2.05. The molecule has 0 aliphatic heterocycles. The van der Waals surface area contributed by atoms with Gasteiger partial charge in [0, 0.05) is 0 Å². The molecule has 0 bridgehead atoms. The second-order valence-electron chi connectivity index (χ2n) is 3.93. The van der Waals surface area contributed by atoms with Crippen molar-refractivity contribution < 1.29 is 9.68 Å². The lowest BCUT2D eigenvalue weighted by Crippen LogP contribution is -1.99. The first-order chi connectivity index (χ1) is 8.36. The van der Waals surface area contributed by atoms with Gasteiger partial charge in [0.2, 0.25) is 0 Å². The van der Waals surface area contributed by atoms with Gasteiger partial charge in [-0.25, -0.2) is 0 Å². The zero-order valence-corrected chi connectivity index (χ0v) is 9.13. The fraction of sp³-hybridized carbons (Fsp3) is 0. The van der Waals surface area contributed by atoms with Crippen LogP contribution in [0.5, 0.6) is 5.75 Å². The third-order valence-electron chi connectivity index (χ3n) is 2.87. The first kappa shape index (κ1) is 10.2. The van der Waals surface area contributed by atoms with Gasteiger partial charge >= 0.3 is 7.69 Å². The van der Waals surface area contributed by atoms with Gasteiger partial charge in [0.15, 0.2) is 0 Å². The molecule has 3 aromatic carbocycles. The molecule has 0 aliphatic rings. The van der Waals surface area contributed by atoms with Gasteiger partial charge in [0.1, 0.15) is 5.75 Å². The second kappa shape index (κ2) is 4.11. The van der Waals surface area contributed by atoms with Gasteiger partial charge in [-0.05, 0) is 45.8 Å². The minimum Gasteiger partial charge on any atom is -0.537 e. The molecule has 0 saturated carbocycles. The van der Waals surface area contributed by atoms with E-state index in [1.54, 1.807) is 0 Å². The molecule has 0 fully saturated rings. The lowest BCUT2D eigenvalue weighted by atomic mass is 10.0. The summed E-state index contributed by atoms with van der Waals surface area (Å²) < 4.78 is 4.96. The number of hydrogen-bond donors (Lipinski definition) is 1. The maximum absolute atomic E-state index is 8.62. The van der Waals surface area contributed by atoms with E-state index < -0.39 is 0 Å². The Bertz CT molecular complexity index is 679. The van der Waals surface area contributed by atoms with Crippen molar-refractivity contribution in [1.82, 2.24) is 0 Å². The molecule has 3 rings (SSSR count). The summed E-state index contributed by atoms with van der Waals surface area (Å²) in [6.45, 7) is 0. The Hall–Kier alpha value is -2.00. The summed E-state index contributed by atoms with van der Waals surface area (Å²) in [6.07, 6.45) is 0. The lowest BCUT2D eigenvalue weighted by molar-refractivity contribution is 0.454. The fourth-order valence-corrected chi connectivity index (χ4v) is 2.05. The van der Waals surface area contributed by atoms with Gasteiger partial charge in [0.25, 0.3) is 0 Å². The third-order valence-corrected chi connectivity index (χ3v) is 2.87. The Labute approximate surface area is 99.8 Å². The summed E-state index contributed by atoms with van der Waals surface area (Å²) in [7, 11) is 0.697. The van der Waals surface area contributed by atoms with E-state index in [-0.39, 0.29) is 0 Å². The topological polar surface area (TPSA) is 29.5 Å². The summed E-state index contributed by atoms with van der Waals surface area (Å²) in [5.41, 5.74) is 0. The van der Waals surface area contributed by atoms with Crippen molar-refractivity contribution in [3.05, 3.63) is 54.6 Å². The molecule has 81 valence electrons. The van der Waals surface area contributed by atoms with Crippen LogP contribution in [0.15, 0.2) is 54.6 Å². The number of fused-ring (bicyclic) bond motifs is 2. The third kappa shape index (κ3) is 1.85. The van der Waals surface area contributed by atoms with Crippen molar-refractivity contribution in [2.24, 2.45) is 0 Å². The van der Waals surface area contributed by atoms with E-state index >= 15 is 0 Å². The molecular formula is C14H10BO2. The summed E-state index contributed by atoms with van der Waals surface area (Å²) in [6, 6.07) is 18.2. The van der Waals surface area contributed by atoms with Crippen LogP contribution < -0.4 is 4.65 Å². The predicted molar refractivity (Wildman–Crippen MR) is 70.1 cm³/mol. The molecule has 0 unspecified atom stereocenters. The highest BCUT2D eigenvalue weighted by molar-refractivity contribution is 6.17. The first-order valence-corrected chi connectivity index (χ1v) is 5.42. The van der Waals surface area contributed by atoms with Gasteiger partial charge in [0.05, 0.1) is 0 Å². The van der Waals surface area contributed by atoms with Crippen LogP contribution in [0.25, 0.3) is 21.5 Å². The van der Waals surface area contributed by atoms with Crippen molar-refractivity contribution in [3.63, 3.8) is 0 Å². The van der Waals surface area contributed by atoms with Gasteiger partial charge in [-0.2, -0.15) is 0 Å². The number of benzene rings is 3. The molecule has 0 aromatic heterocycles. The van der Waals surface area contributed by atoms with E-state index in [0.717, 1.165) is 10.8 Å². The largest absolute Gasteiger partial charge is 0.569 e. The van der Waals surface area contributed by atoms with Crippen molar-refractivity contribution in [3.8, 4) is 5.75 Å². The van der Waals surface area contributed by atoms with E-state index in [0.29, 0.717) is 13.4 Å². The molecule has 0 amide bonds. The minimum atomic E-state index is 0.635. The minimum absolute atomic E-state index is 0.635. The van der Waals surface area contributed by atoms with E-state index in [1.165, 1.54) is 10.8 Å². The summed E-state index contributed by atoms with van der Waals surface area (Å²) in [4.78, 5) is 0. The van der Waals surface area contributed by atoms with E-state index in [2.05, 4.69) is 24.3 Å². The molecule has 1 N–H and O–H groups in total. The molecule has 0 saturated heterocycles. The highest BCUT2D eigenvalue weighted by atomic mass is 16.5. The number of rotatable bonds is 2. The molecule has 0 aliphatic carbocycles. The normalized spacial score (nSPS) is 10.6. The van der Waals surface area contributed by atoms with Gasteiger partial charge in [-0.15, -0.1) is 0 Å². The zero-order chi connectivity index (χ0) is 11.7. The number of hydrogen-bond acceptors (Lipinski definition) is 2. The summed E-state index contributed by atoms with van der Waals surface area (Å²) in [5.74, 6) is 0.635. The molecule has 3 heteroatoms. The van der Waals surface area contributed by atoms with Crippen LogP contribution in [0.2, 0.25) is 0 Å². The van der Waals surface area contributed by atoms with Crippen LogP contribution in [-0.4, -0.2) is 12.7 Å². The molecule has 0 spiro atoms. The summed E-state index contributed by atoms with van der Waals surface area (Å²) >= 11 is 0. The van der Waals surface area contributed by atoms with Crippen molar-refractivity contribution in [1.29, 1.82) is 0 Å². The van der Waals surface area contributed by atoms with Crippen molar-refractivity contribution in [2.75, 3.05) is 0 Å².